The Morgan fingerprint density at radius 1 is 0.574 bits per heavy atom. The number of rotatable bonds is 2. The summed E-state index contributed by atoms with van der Waals surface area (Å²) < 4.78 is 4.94. The Morgan fingerprint density at radius 3 is 1.17 bits per heavy atom. The van der Waals surface area contributed by atoms with Crippen molar-refractivity contribution in [2.75, 3.05) is 13.2 Å². The predicted octanol–water partition coefficient (Wildman–Crippen LogP) is 12.9. The molecule has 1 aliphatic heterocycles. The zero-order valence-electron chi connectivity index (χ0n) is 30.4. The third-order valence-electron chi connectivity index (χ3n) is 8.51. The monoisotopic (exact) mass is 732 g/mol. The van der Waals surface area contributed by atoms with Crippen LogP contribution in [0, 0.1) is 0 Å². The van der Waals surface area contributed by atoms with E-state index in [2.05, 4.69) is 132 Å². The van der Waals surface area contributed by atoms with Gasteiger partial charge in [0.05, 0.1) is 9.79 Å². The maximum atomic E-state index is 11.8. The van der Waals surface area contributed by atoms with Gasteiger partial charge in [0.15, 0.2) is 0 Å². The number of phenolic OH excluding ortho intramolecular Hbond substituents is 2. The first kappa shape index (κ1) is 40.0. The van der Waals surface area contributed by atoms with Crippen molar-refractivity contribution in [2.45, 2.75) is 127 Å². The second kappa shape index (κ2) is 15.7. The van der Waals surface area contributed by atoms with E-state index in [1.54, 1.807) is 0 Å². The average molecular weight is 734 g/mol. The Balaban J connectivity index is 0.000000663. The minimum absolute atomic E-state index is 0.0154. The van der Waals surface area contributed by atoms with Crippen LogP contribution in [0.1, 0.15) is 118 Å². The Bertz CT molecular complexity index is 1560. The molecule has 0 radical (unpaired) electrons. The average Bonchev–Trinajstić information content (AvgIpc) is 3.53. The fourth-order valence-corrected chi connectivity index (χ4v) is 6.83. The summed E-state index contributed by atoms with van der Waals surface area (Å²) in [7, 11) is 9.78. The molecule has 256 valence electrons. The maximum absolute atomic E-state index is 11.8. The second-order valence-corrected chi connectivity index (χ2v) is 20.2. The molecule has 0 aromatic heterocycles. The first-order valence-electron chi connectivity index (χ1n) is 16.4. The molecule has 4 aromatic carbocycles. The summed E-state index contributed by atoms with van der Waals surface area (Å²) in [6, 6.07) is 17.4. The molecule has 5 rings (SSSR count). The molecule has 1 saturated heterocycles. The van der Waals surface area contributed by atoms with Crippen molar-refractivity contribution in [1.82, 2.24) is 0 Å². The van der Waals surface area contributed by atoms with Crippen LogP contribution in [0.2, 0.25) is 0 Å². The molecule has 0 unspecified atom stereocenters. The van der Waals surface area contributed by atoms with E-state index in [1.807, 2.05) is 0 Å². The number of ether oxygens (including phenoxy) is 1. The summed E-state index contributed by atoms with van der Waals surface area (Å²) in [6.07, 6.45) is 2.56. The minimum atomic E-state index is -0.556. The van der Waals surface area contributed by atoms with Crippen LogP contribution in [0.3, 0.4) is 0 Å². The van der Waals surface area contributed by atoms with E-state index < -0.39 is 17.0 Å². The molecule has 0 saturated carbocycles. The number of benzene rings is 4. The third kappa shape index (κ3) is 10.1. The topological polar surface area (TPSA) is 49.7 Å². The predicted molar refractivity (Wildman–Crippen MR) is 202 cm³/mol. The van der Waals surface area contributed by atoms with Gasteiger partial charge in [0, 0.05) is 24.3 Å². The summed E-state index contributed by atoms with van der Waals surface area (Å²) in [5, 5.41) is 27.7. The van der Waals surface area contributed by atoms with Crippen LogP contribution in [-0.2, 0) is 43.4 Å². The number of hydrogen-bond donors (Lipinski definition) is 2. The van der Waals surface area contributed by atoms with E-state index in [9.17, 15) is 10.2 Å². The number of hydrogen-bond acceptors (Lipinski definition) is 4. The summed E-state index contributed by atoms with van der Waals surface area (Å²) in [5.74, 6) is 0.590. The molecule has 3 nitrogen and oxygen atoms in total. The zero-order chi connectivity index (χ0) is 35.5. The molecule has 0 spiro atoms. The Kier molecular flexibility index (Phi) is 13.3. The molecule has 0 bridgehead atoms. The molecule has 1 aliphatic rings. The standard InChI is InChI=1S/C36H46O2S.C4H8O.2ClH.Ti/c1-33(2,3)23-13-15-25-21(17-23)19-27(35(7,8)9)29(37)31(25)39-32-26-16-14-24(34(4,5)6)18-22(26)20-28(30(32)38)36(10,11)12;1-2-4-5-3-1;;;/h13-20,37-38H,1-12H3;1-4H2;2*1H;/q;;;;+2/p-2. The van der Waals surface area contributed by atoms with Crippen molar-refractivity contribution in [3.8, 4) is 11.5 Å². The van der Waals surface area contributed by atoms with Gasteiger partial charge in [0.2, 0.25) is 0 Å². The normalized spacial score (nSPS) is 14.0. The summed E-state index contributed by atoms with van der Waals surface area (Å²) in [5.41, 5.74) is 3.88. The van der Waals surface area contributed by atoms with E-state index in [0.29, 0.717) is 11.5 Å². The van der Waals surface area contributed by atoms with Gasteiger partial charge in [-0.25, -0.2) is 0 Å². The first-order valence-corrected chi connectivity index (χ1v) is 21.6. The summed E-state index contributed by atoms with van der Waals surface area (Å²) in [6.45, 7) is 28.2. The number of aromatic hydroxyl groups is 2. The number of halogens is 2. The van der Waals surface area contributed by atoms with Crippen molar-refractivity contribution in [3.63, 3.8) is 0 Å². The Hall–Kier alpha value is -1.40. The van der Waals surface area contributed by atoms with Crippen LogP contribution in [0.15, 0.2) is 58.3 Å². The molecule has 4 aromatic rings. The number of fused-ring (bicyclic) bond motifs is 2. The van der Waals surface area contributed by atoms with Gasteiger partial charge in [-0.1, -0.05) is 131 Å². The SMILES string of the molecule is C1CCOC1.CC(C)(C)c1ccc2c(Sc3c(O)c(C(C)(C)C)cc4cc(C(C)(C)C)ccc34)c(O)c(C(C)(C)C)cc2c1.[Cl][Ti][Cl]. The van der Waals surface area contributed by atoms with Crippen molar-refractivity contribution >= 4 is 51.9 Å². The first-order chi connectivity index (χ1) is 21.6. The van der Waals surface area contributed by atoms with Crippen LogP contribution < -0.4 is 0 Å². The van der Waals surface area contributed by atoms with Gasteiger partial charge in [-0.05, 0) is 79.3 Å². The summed E-state index contributed by atoms with van der Waals surface area (Å²) >= 11 is 0.932. The van der Waals surface area contributed by atoms with Crippen LogP contribution >= 0.6 is 30.4 Å². The Labute approximate surface area is 304 Å². The molecule has 0 amide bonds. The van der Waals surface area contributed by atoms with E-state index in [-0.39, 0.29) is 21.7 Å². The molecule has 0 aliphatic carbocycles. The van der Waals surface area contributed by atoms with Crippen LogP contribution in [-0.4, -0.2) is 23.4 Å². The zero-order valence-corrected chi connectivity index (χ0v) is 34.3. The van der Waals surface area contributed by atoms with Gasteiger partial charge >= 0.3 is 35.6 Å². The van der Waals surface area contributed by atoms with E-state index >= 15 is 0 Å². The van der Waals surface area contributed by atoms with Crippen LogP contribution in [0.5, 0.6) is 11.5 Å². The van der Waals surface area contributed by atoms with Crippen molar-refractivity contribution in [2.24, 2.45) is 0 Å². The third-order valence-corrected chi connectivity index (χ3v) is 9.75. The van der Waals surface area contributed by atoms with Gasteiger partial charge in [0.25, 0.3) is 0 Å². The Morgan fingerprint density at radius 2 is 0.915 bits per heavy atom. The molecular formula is C40H54Cl2O3STi. The molecule has 2 N–H and O–H groups in total. The van der Waals surface area contributed by atoms with Crippen molar-refractivity contribution in [1.29, 1.82) is 0 Å². The van der Waals surface area contributed by atoms with Crippen molar-refractivity contribution < 1.29 is 32.0 Å². The van der Waals surface area contributed by atoms with Gasteiger partial charge in [-0.2, -0.15) is 0 Å². The quantitative estimate of drug-likeness (QED) is 0.201. The van der Waals surface area contributed by atoms with Crippen LogP contribution in [0.25, 0.3) is 21.5 Å². The molecule has 7 heteroatoms. The van der Waals surface area contributed by atoms with Crippen LogP contribution in [0.4, 0.5) is 0 Å². The van der Waals surface area contributed by atoms with Crippen molar-refractivity contribution in [3.05, 3.63) is 70.8 Å². The molecule has 47 heavy (non-hydrogen) atoms. The van der Waals surface area contributed by atoms with Gasteiger partial charge < -0.3 is 14.9 Å². The van der Waals surface area contributed by atoms with Gasteiger partial charge in [-0.3, -0.25) is 0 Å². The number of phenols is 2. The van der Waals surface area contributed by atoms with Gasteiger partial charge in [-0.15, -0.1) is 0 Å². The fraction of sp³-hybridized carbons (Fsp3) is 0.500. The summed E-state index contributed by atoms with van der Waals surface area (Å²) in [4.78, 5) is 1.58. The molecule has 1 heterocycles. The molecule has 0 atom stereocenters. The van der Waals surface area contributed by atoms with Gasteiger partial charge in [0.1, 0.15) is 11.5 Å². The fourth-order valence-electron chi connectivity index (χ4n) is 5.62. The van der Waals surface area contributed by atoms with E-state index in [1.165, 1.54) is 35.7 Å². The molecular weight excluding hydrogens is 679 g/mol. The van der Waals surface area contributed by atoms with E-state index in [4.69, 9.17) is 23.3 Å². The molecule has 1 fully saturated rings. The second-order valence-electron chi connectivity index (χ2n) is 16.6. The van der Waals surface area contributed by atoms with E-state index in [0.717, 1.165) is 55.7 Å².